The maximum Gasteiger partial charge on any atom is 0.240 e. The van der Waals surface area contributed by atoms with E-state index >= 15 is 0 Å². The highest BCUT2D eigenvalue weighted by Crippen LogP contribution is 2.14. The molecule has 6 nitrogen and oxygen atoms in total. The zero-order valence-electron chi connectivity index (χ0n) is 14.2. The lowest BCUT2D eigenvalue weighted by atomic mass is 10.2. The van der Waals surface area contributed by atoms with Gasteiger partial charge in [-0.3, -0.25) is 9.59 Å². The number of nitrogens with one attached hydrogen (secondary N) is 2. The minimum absolute atomic E-state index is 0.00475. The first-order valence-electron chi connectivity index (χ1n) is 7.90. The van der Waals surface area contributed by atoms with Crippen molar-refractivity contribution in [3.8, 4) is 0 Å². The Labute approximate surface area is 157 Å². The van der Waals surface area contributed by atoms with Gasteiger partial charge in [0.15, 0.2) is 5.78 Å². The van der Waals surface area contributed by atoms with Crippen molar-refractivity contribution in [2.24, 2.45) is 0 Å². The average Bonchev–Trinajstić information content (AvgIpc) is 2.61. The van der Waals surface area contributed by atoms with Gasteiger partial charge in [0.25, 0.3) is 0 Å². The smallest absolute Gasteiger partial charge is 0.240 e. The molecule has 0 heterocycles. The summed E-state index contributed by atoms with van der Waals surface area (Å²) in [6.45, 7) is 1.64. The Kier molecular flexibility index (Phi) is 6.90. The zero-order valence-corrected chi connectivity index (χ0v) is 15.7. The molecule has 0 fully saturated rings. The van der Waals surface area contributed by atoms with E-state index in [9.17, 15) is 18.0 Å². The summed E-state index contributed by atoms with van der Waals surface area (Å²) in [4.78, 5) is 23.1. The molecular formula is C18H19ClN2O4S. The number of sulfonamides is 1. The quantitative estimate of drug-likeness (QED) is 0.673. The molecule has 2 aromatic rings. The SMILES string of the molecule is CC(=O)c1ccc(S(=O)(=O)NCCC(=O)NCc2ccccc2Cl)cc1. The third-order valence-corrected chi connectivity index (χ3v) is 5.49. The summed E-state index contributed by atoms with van der Waals surface area (Å²) < 4.78 is 26.7. The lowest BCUT2D eigenvalue weighted by Crippen LogP contribution is -2.30. The van der Waals surface area contributed by atoms with Crippen LogP contribution in [0.4, 0.5) is 0 Å². The van der Waals surface area contributed by atoms with Crippen LogP contribution in [-0.2, 0) is 21.4 Å². The Bertz CT molecular complexity index is 896. The van der Waals surface area contributed by atoms with E-state index in [-0.39, 0.29) is 36.1 Å². The van der Waals surface area contributed by atoms with Crippen LogP contribution in [0, 0.1) is 0 Å². The van der Waals surface area contributed by atoms with Gasteiger partial charge in [-0.05, 0) is 30.7 Å². The summed E-state index contributed by atoms with van der Waals surface area (Å²) >= 11 is 6.01. The molecule has 0 aliphatic heterocycles. The van der Waals surface area contributed by atoms with Gasteiger partial charge in [0, 0.05) is 30.1 Å². The van der Waals surface area contributed by atoms with E-state index < -0.39 is 10.0 Å². The van der Waals surface area contributed by atoms with E-state index in [0.717, 1.165) is 5.56 Å². The van der Waals surface area contributed by atoms with Crippen LogP contribution < -0.4 is 10.0 Å². The summed E-state index contributed by atoms with van der Waals surface area (Å²) in [5.41, 5.74) is 1.22. The second-order valence-corrected chi connectivity index (χ2v) is 7.77. The number of Topliss-reactive ketones (excluding diaryl/α,β-unsaturated/α-hetero) is 1. The third-order valence-electron chi connectivity index (χ3n) is 3.65. The fraction of sp³-hybridized carbons (Fsp3) is 0.222. The number of rotatable bonds is 8. The van der Waals surface area contributed by atoms with Crippen molar-refractivity contribution in [1.82, 2.24) is 10.0 Å². The molecule has 0 bridgehead atoms. The number of ketones is 1. The summed E-state index contributed by atoms with van der Waals surface area (Å²) in [5.74, 6) is -0.434. The molecule has 2 N–H and O–H groups in total. The number of benzene rings is 2. The van der Waals surface area contributed by atoms with Gasteiger partial charge >= 0.3 is 0 Å². The Hall–Kier alpha value is -2.22. The number of carbonyl (C=O) groups is 2. The van der Waals surface area contributed by atoms with Crippen molar-refractivity contribution in [3.63, 3.8) is 0 Å². The zero-order chi connectivity index (χ0) is 19.2. The van der Waals surface area contributed by atoms with E-state index in [0.29, 0.717) is 10.6 Å². The molecule has 0 aliphatic carbocycles. The number of hydrogen-bond acceptors (Lipinski definition) is 4. The Morgan fingerprint density at radius 2 is 1.69 bits per heavy atom. The highest BCUT2D eigenvalue weighted by molar-refractivity contribution is 7.89. The fourth-order valence-corrected chi connectivity index (χ4v) is 3.41. The van der Waals surface area contributed by atoms with Gasteiger partial charge in [0.2, 0.25) is 15.9 Å². The van der Waals surface area contributed by atoms with Crippen LogP contribution >= 0.6 is 11.6 Å². The molecule has 2 aromatic carbocycles. The highest BCUT2D eigenvalue weighted by Gasteiger charge is 2.14. The Morgan fingerprint density at radius 1 is 1.04 bits per heavy atom. The predicted octanol–water partition coefficient (Wildman–Crippen LogP) is 2.53. The van der Waals surface area contributed by atoms with Gasteiger partial charge in [0.05, 0.1) is 4.90 Å². The molecule has 2 rings (SSSR count). The first-order chi connectivity index (χ1) is 12.3. The Morgan fingerprint density at radius 3 is 2.31 bits per heavy atom. The van der Waals surface area contributed by atoms with Gasteiger partial charge < -0.3 is 5.32 Å². The standard InChI is InChI=1S/C18H19ClN2O4S/c1-13(22)14-6-8-16(9-7-14)26(24,25)21-11-10-18(23)20-12-15-4-2-3-5-17(15)19/h2-9,21H,10-12H2,1H3,(H,20,23). The molecule has 0 saturated heterocycles. The van der Waals surface area contributed by atoms with Crippen molar-refractivity contribution < 1.29 is 18.0 Å². The van der Waals surface area contributed by atoms with Gasteiger partial charge in [-0.25, -0.2) is 13.1 Å². The molecule has 0 radical (unpaired) electrons. The van der Waals surface area contributed by atoms with Crippen molar-refractivity contribution in [1.29, 1.82) is 0 Å². The normalized spacial score (nSPS) is 11.2. The molecule has 0 aliphatic rings. The van der Waals surface area contributed by atoms with Crippen LogP contribution in [0.1, 0.15) is 29.3 Å². The molecule has 0 unspecified atom stereocenters. The second-order valence-electron chi connectivity index (χ2n) is 5.60. The number of hydrogen-bond donors (Lipinski definition) is 2. The molecule has 26 heavy (non-hydrogen) atoms. The fourth-order valence-electron chi connectivity index (χ4n) is 2.18. The minimum atomic E-state index is -3.73. The molecule has 0 saturated carbocycles. The van der Waals surface area contributed by atoms with Crippen molar-refractivity contribution in [3.05, 3.63) is 64.7 Å². The summed E-state index contributed by atoms with van der Waals surface area (Å²) in [6, 6.07) is 12.8. The molecule has 0 spiro atoms. The molecule has 0 aromatic heterocycles. The van der Waals surface area contributed by atoms with Crippen LogP contribution in [-0.4, -0.2) is 26.7 Å². The van der Waals surface area contributed by atoms with E-state index in [1.165, 1.54) is 31.2 Å². The molecule has 1 amide bonds. The maximum absolute atomic E-state index is 12.2. The van der Waals surface area contributed by atoms with Crippen LogP contribution in [0.2, 0.25) is 5.02 Å². The lowest BCUT2D eigenvalue weighted by Gasteiger charge is -2.09. The van der Waals surface area contributed by atoms with Crippen LogP contribution in [0.5, 0.6) is 0 Å². The van der Waals surface area contributed by atoms with E-state index in [4.69, 9.17) is 11.6 Å². The highest BCUT2D eigenvalue weighted by atomic mass is 35.5. The van der Waals surface area contributed by atoms with Crippen LogP contribution in [0.15, 0.2) is 53.4 Å². The summed E-state index contributed by atoms with van der Waals surface area (Å²) in [5, 5.41) is 3.25. The second kappa shape index (κ2) is 8.93. The van der Waals surface area contributed by atoms with Crippen LogP contribution in [0.25, 0.3) is 0 Å². The van der Waals surface area contributed by atoms with Crippen molar-refractivity contribution >= 4 is 33.3 Å². The number of carbonyl (C=O) groups excluding carboxylic acids is 2. The topological polar surface area (TPSA) is 92.3 Å². The molecule has 138 valence electrons. The van der Waals surface area contributed by atoms with E-state index in [1.54, 1.807) is 18.2 Å². The van der Waals surface area contributed by atoms with Crippen molar-refractivity contribution in [2.75, 3.05) is 6.54 Å². The first-order valence-corrected chi connectivity index (χ1v) is 9.76. The van der Waals surface area contributed by atoms with E-state index in [1.807, 2.05) is 6.07 Å². The van der Waals surface area contributed by atoms with Crippen LogP contribution in [0.3, 0.4) is 0 Å². The van der Waals surface area contributed by atoms with E-state index in [2.05, 4.69) is 10.0 Å². The van der Waals surface area contributed by atoms with Crippen molar-refractivity contribution in [2.45, 2.75) is 24.8 Å². The summed E-state index contributed by atoms with van der Waals surface area (Å²) in [7, 11) is -3.73. The largest absolute Gasteiger partial charge is 0.352 e. The van der Waals surface area contributed by atoms with Gasteiger partial charge in [-0.2, -0.15) is 0 Å². The molecular weight excluding hydrogens is 376 g/mol. The monoisotopic (exact) mass is 394 g/mol. The summed E-state index contributed by atoms with van der Waals surface area (Å²) in [6.07, 6.45) is -0.00475. The molecule has 8 heteroatoms. The number of halogens is 1. The Balaban J connectivity index is 1.83. The lowest BCUT2D eigenvalue weighted by molar-refractivity contribution is -0.121. The van der Waals surface area contributed by atoms with Gasteiger partial charge in [-0.1, -0.05) is 41.9 Å². The van der Waals surface area contributed by atoms with Gasteiger partial charge in [-0.15, -0.1) is 0 Å². The predicted molar refractivity (Wildman–Crippen MR) is 99.6 cm³/mol. The number of amides is 1. The average molecular weight is 395 g/mol. The first kappa shape index (κ1) is 20.1. The molecule has 0 atom stereocenters. The minimum Gasteiger partial charge on any atom is -0.352 e. The third kappa shape index (κ3) is 5.66. The maximum atomic E-state index is 12.2. The van der Waals surface area contributed by atoms with Gasteiger partial charge in [0.1, 0.15) is 0 Å².